The van der Waals surface area contributed by atoms with Crippen molar-refractivity contribution in [1.29, 1.82) is 0 Å². The molecule has 0 aromatic heterocycles. The zero-order chi connectivity index (χ0) is 13.8. The van der Waals surface area contributed by atoms with Gasteiger partial charge in [-0.1, -0.05) is 44.0 Å². The lowest BCUT2D eigenvalue weighted by atomic mass is 10.1. The Balaban J connectivity index is 1.98. The number of hydrogen-bond donors (Lipinski definition) is 1. The highest BCUT2D eigenvalue weighted by atomic mass is 79.9. The van der Waals surface area contributed by atoms with E-state index in [0.717, 1.165) is 21.1 Å². The van der Waals surface area contributed by atoms with Crippen molar-refractivity contribution < 1.29 is 4.39 Å². The van der Waals surface area contributed by atoms with Crippen LogP contribution in [0.1, 0.15) is 16.7 Å². The van der Waals surface area contributed by atoms with Crippen molar-refractivity contribution >= 4 is 31.9 Å². The summed E-state index contributed by atoms with van der Waals surface area (Å²) in [7, 11) is 0. The molecule has 0 heterocycles. The Hall–Kier alpha value is -0.710. The van der Waals surface area contributed by atoms with Gasteiger partial charge in [-0.2, -0.15) is 0 Å². The molecule has 100 valence electrons. The molecule has 1 nitrogen and oxygen atoms in total. The monoisotopic (exact) mass is 385 g/mol. The third kappa shape index (κ3) is 4.13. The Morgan fingerprint density at radius 2 is 1.68 bits per heavy atom. The molecule has 0 radical (unpaired) electrons. The number of benzene rings is 2. The van der Waals surface area contributed by atoms with Crippen molar-refractivity contribution in [2.75, 3.05) is 0 Å². The van der Waals surface area contributed by atoms with E-state index in [1.807, 2.05) is 0 Å². The normalized spacial score (nSPS) is 10.7. The Morgan fingerprint density at radius 1 is 0.947 bits per heavy atom. The van der Waals surface area contributed by atoms with Gasteiger partial charge in [-0.25, -0.2) is 4.39 Å². The fourth-order valence-corrected chi connectivity index (χ4v) is 2.83. The van der Waals surface area contributed by atoms with Gasteiger partial charge in [0.15, 0.2) is 0 Å². The molecule has 0 unspecified atom stereocenters. The second-order valence-electron chi connectivity index (χ2n) is 4.43. The Bertz CT molecular complexity index is 584. The van der Waals surface area contributed by atoms with Crippen LogP contribution in [0.25, 0.3) is 0 Å². The first-order valence-electron chi connectivity index (χ1n) is 5.96. The quantitative estimate of drug-likeness (QED) is 0.783. The molecule has 0 amide bonds. The van der Waals surface area contributed by atoms with Crippen molar-refractivity contribution in [3.8, 4) is 0 Å². The van der Waals surface area contributed by atoms with Crippen LogP contribution < -0.4 is 5.32 Å². The molecule has 4 heteroatoms. The van der Waals surface area contributed by atoms with E-state index in [2.05, 4.69) is 62.3 Å². The second-order valence-corrected chi connectivity index (χ2v) is 6.14. The van der Waals surface area contributed by atoms with Crippen LogP contribution in [0.5, 0.6) is 0 Å². The van der Waals surface area contributed by atoms with Crippen LogP contribution in [0.15, 0.2) is 45.3 Å². The fraction of sp³-hybridized carbons (Fsp3) is 0.200. The molecule has 2 aromatic rings. The molecule has 0 aliphatic heterocycles. The van der Waals surface area contributed by atoms with E-state index in [4.69, 9.17) is 0 Å². The number of aryl methyl sites for hydroxylation is 1. The van der Waals surface area contributed by atoms with Gasteiger partial charge in [0.05, 0.1) is 0 Å². The van der Waals surface area contributed by atoms with E-state index < -0.39 is 0 Å². The van der Waals surface area contributed by atoms with Gasteiger partial charge in [0.2, 0.25) is 0 Å². The summed E-state index contributed by atoms with van der Waals surface area (Å²) < 4.78 is 15.2. The van der Waals surface area contributed by atoms with Gasteiger partial charge in [0, 0.05) is 22.0 Å². The highest BCUT2D eigenvalue weighted by Crippen LogP contribution is 2.20. The minimum Gasteiger partial charge on any atom is -0.309 e. The first-order chi connectivity index (χ1) is 9.06. The van der Waals surface area contributed by atoms with Crippen LogP contribution >= 0.6 is 31.9 Å². The lowest BCUT2D eigenvalue weighted by Gasteiger charge is -2.09. The topological polar surface area (TPSA) is 12.0 Å². The van der Waals surface area contributed by atoms with Crippen molar-refractivity contribution in [1.82, 2.24) is 5.32 Å². The summed E-state index contributed by atoms with van der Waals surface area (Å²) in [6.07, 6.45) is 0. The molecular formula is C15H14Br2FN. The largest absolute Gasteiger partial charge is 0.309 e. The maximum Gasteiger partial charge on any atom is 0.123 e. The fourth-order valence-electron chi connectivity index (χ4n) is 1.81. The second kappa shape index (κ2) is 6.64. The van der Waals surface area contributed by atoms with Crippen LogP contribution in [-0.4, -0.2) is 0 Å². The van der Waals surface area contributed by atoms with Crippen molar-refractivity contribution in [3.05, 3.63) is 67.9 Å². The molecule has 0 spiro atoms. The first kappa shape index (κ1) is 14.7. The predicted molar refractivity (Wildman–Crippen MR) is 83.5 cm³/mol. The van der Waals surface area contributed by atoms with Crippen molar-refractivity contribution in [3.63, 3.8) is 0 Å². The molecule has 2 aromatic carbocycles. The van der Waals surface area contributed by atoms with Gasteiger partial charge < -0.3 is 5.32 Å². The number of hydrogen-bond acceptors (Lipinski definition) is 1. The SMILES string of the molecule is Cc1ccc(CNCc2cc(F)ccc2Br)c(Br)c1. The lowest BCUT2D eigenvalue weighted by molar-refractivity contribution is 0.619. The van der Waals surface area contributed by atoms with E-state index >= 15 is 0 Å². The molecule has 0 saturated carbocycles. The molecule has 0 saturated heterocycles. The highest BCUT2D eigenvalue weighted by Gasteiger charge is 2.03. The molecular weight excluding hydrogens is 373 g/mol. The van der Waals surface area contributed by atoms with Crippen LogP contribution in [0.2, 0.25) is 0 Å². The summed E-state index contributed by atoms with van der Waals surface area (Å²) >= 11 is 6.98. The summed E-state index contributed by atoms with van der Waals surface area (Å²) in [5, 5.41) is 3.32. The Kier molecular flexibility index (Phi) is 5.13. The van der Waals surface area contributed by atoms with Gasteiger partial charge in [0.25, 0.3) is 0 Å². The average molecular weight is 387 g/mol. The van der Waals surface area contributed by atoms with E-state index in [1.165, 1.54) is 17.2 Å². The molecule has 2 rings (SSSR count). The molecule has 19 heavy (non-hydrogen) atoms. The van der Waals surface area contributed by atoms with Gasteiger partial charge in [-0.15, -0.1) is 0 Å². The zero-order valence-corrected chi connectivity index (χ0v) is 13.7. The van der Waals surface area contributed by atoms with Crippen LogP contribution in [0.4, 0.5) is 4.39 Å². The van der Waals surface area contributed by atoms with Crippen molar-refractivity contribution in [2.45, 2.75) is 20.0 Å². The molecule has 1 N–H and O–H groups in total. The molecule has 0 aliphatic rings. The molecule has 0 aliphatic carbocycles. The minimum atomic E-state index is -0.212. The summed E-state index contributed by atoms with van der Waals surface area (Å²) in [5.74, 6) is -0.212. The average Bonchev–Trinajstić information content (AvgIpc) is 2.36. The third-order valence-electron chi connectivity index (χ3n) is 2.85. The summed E-state index contributed by atoms with van der Waals surface area (Å²) in [4.78, 5) is 0. The summed E-state index contributed by atoms with van der Waals surface area (Å²) in [6, 6.07) is 11.0. The van der Waals surface area contributed by atoms with Crippen LogP contribution in [0.3, 0.4) is 0 Å². The maximum absolute atomic E-state index is 13.1. The van der Waals surface area contributed by atoms with Gasteiger partial charge in [0.1, 0.15) is 5.82 Å². The lowest BCUT2D eigenvalue weighted by Crippen LogP contribution is -2.13. The van der Waals surface area contributed by atoms with E-state index in [1.54, 1.807) is 12.1 Å². The van der Waals surface area contributed by atoms with Crippen LogP contribution in [0, 0.1) is 12.7 Å². The van der Waals surface area contributed by atoms with E-state index in [-0.39, 0.29) is 5.82 Å². The molecule has 0 bridgehead atoms. The van der Waals surface area contributed by atoms with Gasteiger partial charge >= 0.3 is 0 Å². The Morgan fingerprint density at radius 3 is 2.42 bits per heavy atom. The predicted octanol–water partition coefficient (Wildman–Crippen LogP) is 4.95. The van der Waals surface area contributed by atoms with Crippen LogP contribution in [-0.2, 0) is 13.1 Å². The number of halogens is 3. The highest BCUT2D eigenvalue weighted by molar-refractivity contribution is 9.10. The van der Waals surface area contributed by atoms with E-state index in [9.17, 15) is 4.39 Å². The summed E-state index contributed by atoms with van der Waals surface area (Å²) in [5.41, 5.74) is 3.34. The smallest absolute Gasteiger partial charge is 0.123 e. The Labute approximate surface area is 129 Å². The number of rotatable bonds is 4. The molecule has 0 atom stereocenters. The van der Waals surface area contributed by atoms with Gasteiger partial charge in [-0.3, -0.25) is 0 Å². The third-order valence-corrected chi connectivity index (χ3v) is 4.36. The zero-order valence-electron chi connectivity index (χ0n) is 10.5. The van der Waals surface area contributed by atoms with Gasteiger partial charge in [-0.05, 0) is 47.9 Å². The summed E-state index contributed by atoms with van der Waals surface area (Å²) in [6.45, 7) is 3.42. The maximum atomic E-state index is 13.1. The van der Waals surface area contributed by atoms with E-state index in [0.29, 0.717) is 6.54 Å². The minimum absolute atomic E-state index is 0.212. The first-order valence-corrected chi connectivity index (χ1v) is 7.54. The van der Waals surface area contributed by atoms with Crippen molar-refractivity contribution in [2.24, 2.45) is 0 Å². The number of nitrogens with one attached hydrogen (secondary N) is 1. The molecule has 0 fully saturated rings. The standard InChI is InChI=1S/C15H14Br2FN/c1-10-2-3-11(15(17)6-10)8-19-9-12-7-13(18)4-5-14(12)16/h2-7,19H,8-9H2,1H3.